The Morgan fingerprint density at radius 1 is 1.36 bits per heavy atom. The summed E-state index contributed by atoms with van der Waals surface area (Å²) in [5.74, 6) is -0.269. The Bertz CT molecular complexity index is 675. The smallest absolute Gasteiger partial charge is 0.319 e. The van der Waals surface area contributed by atoms with E-state index in [2.05, 4.69) is 15.6 Å². The first-order valence-corrected chi connectivity index (χ1v) is 6.40. The highest BCUT2D eigenvalue weighted by Gasteiger charge is 2.11. The van der Waals surface area contributed by atoms with Crippen molar-refractivity contribution in [3.63, 3.8) is 0 Å². The number of carbonyl (C=O) groups excluding carboxylic acids is 1. The van der Waals surface area contributed by atoms with E-state index in [-0.39, 0.29) is 24.8 Å². The van der Waals surface area contributed by atoms with E-state index in [1.165, 1.54) is 6.20 Å². The SMILES string of the molecule is N#Cc1ccc(NCC(=O)NCc2nccn2C(F)F)cc1. The van der Waals surface area contributed by atoms with E-state index in [9.17, 15) is 13.6 Å². The zero-order chi connectivity index (χ0) is 15.9. The number of alkyl halides is 2. The van der Waals surface area contributed by atoms with Gasteiger partial charge in [0.25, 0.3) is 0 Å². The average Bonchev–Trinajstić information content (AvgIpc) is 3.00. The zero-order valence-corrected chi connectivity index (χ0v) is 11.5. The summed E-state index contributed by atoms with van der Waals surface area (Å²) in [4.78, 5) is 15.4. The molecule has 0 fully saturated rings. The van der Waals surface area contributed by atoms with Gasteiger partial charge in [0.1, 0.15) is 5.82 Å². The Kier molecular flexibility index (Phi) is 5.03. The van der Waals surface area contributed by atoms with Crippen molar-refractivity contribution in [2.45, 2.75) is 13.1 Å². The van der Waals surface area contributed by atoms with Crippen LogP contribution < -0.4 is 10.6 Å². The molecule has 114 valence electrons. The van der Waals surface area contributed by atoms with E-state index in [1.807, 2.05) is 6.07 Å². The lowest BCUT2D eigenvalue weighted by molar-refractivity contribution is -0.119. The van der Waals surface area contributed by atoms with Gasteiger partial charge in [-0.3, -0.25) is 9.36 Å². The highest BCUT2D eigenvalue weighted by atomic mass is 19.3. The summed E-state index contributed by atoms with van der Waals surface area (Å²) in [6.45, 7) is -2.78. The molecule has 2 N–H and O–H groups in total. The Hall–Kier alpha value is -2.95. The number of hydrogen-bond acceptors (Lipinski definition) is 4. The summed E-state index contributed by atoms with van der Waals surface area (Å²) < 4.78 is 25.9. The molecule has 0 bridgehead atoms. The van der Waals surface area contributed by atoms with Crippen molar-refractivity contribution in [2.24, 2.45) is 0 Å². The second-order valence-electron chi connectivity index (χ2n) is 4.35. The predicted molar refractivity (Wildman–Crippen MR) is 75.0 cm³/mol. The standard InChI is InChI=1S/C14H13F2N5O/c15-14(16)21-6-5-18-12(21)8-20-13(22)9-19-11-3-1-10(7-17)2-4-11/h1-6,14,19H,8-9H2,(H,20,22). The Labute approximate surface area is 125 Å². The predicted octanol–water partition coefficient (Wildman–Crippen LogP) is 1.88. The molecule has 0 spiro atoms. The third-order valence-corrected chi connectivity index (χ3v) is 2.87. The molecule has 1 amide bonds. The van der Waals surface area contributed by atoms with Gasteiger partial charge in [0, 0.05) is 18.1 Å². The zero-order valence-electron chi connectivity index (χ0n) is 11.5. The van der Waals surface area contributed by atoms with Crippen LogP contribution >= 0.6 is 0 Å². The van der Waals surface area contributed by atoms with Crippen LogP contribution in [0.15, 0.2) is 36.7 Å². The molecular weight excluding hydrogens is 292 g/mol. The van der Waals surface area contributed by atoms with Crippen LogP contribution in [0.5, 0.6) is 0 Å². The molecule has 0 saturated heterocycles. The minimum Gasteiger partial charge on any atom is -0.376 e. The number of rotatable bonds is 6. The number of nitrogens with one attached hydrogen (secondary N) is 2. The normalized spacial score (nSPS) is 10.3. The van der Waals surface area contributed by atoms with Crippen LogP contribution in [0, 0.1) is 11.3 Å². The largest absolute Gasteiger partial charge is 0.376 e. The minimum absolute atomic E-state index is 0.0126. The Balaban J connectivity index is 1.80. The van der Waals surface area contributed by atoms with Crippen molar-refractivity contribution >= 4 is 11.6 Å². The van der Waals surface area contributed by atoms with Crippen molar-refractivity contribution < 1.29 is 13.6 Å². The van der Waals surface area contributed by atoms with Crippen LogP contribution in [-0.2, 0) is 11.3 Å². The van der Waals surface area contributed by atoms with Gasteiger partial charge in [0.05, 0.1) is 24.7 Å². The molecule has 1 heterocycles. The molecule has 0 atom stereocenters. The molecule has 0 aliphatic heterocycles. The highest BCUT2D eigenvalue weighted by molar-refractivity contribution is 5.80. The quantitative estimate of drug-likeness (QED) is 0.853. The lowest BCUT2D eigenvalue weighted by atomic mass is 10.2. The summed E-state index contributed by atoms with van der Waals surface area (Å²) in [6, 6.07) is 8.59. The summed E-state index contributed by atoms with van der Waals surface area (Å²) in [6.07, 6.45) is 2.41. The fourth-order valence-corrected chi connectivity index (χ4v) is 1.74. The maximum atomic E-state index is 12.6. The number of aromatic nitrogens is 2. The first kappa shape index (κ1) is 15.4. The molecule has 8 heteroatoms. The molecule has 0 aliphatic carbocycles. The fourth-order valence-electron chi connectivity index (χ4n) is 1.74. The van der Waals surface area contributed by atoms with Gasteiger partial charge in [-0.1, -0.05) is 0 Å². The van der Waals surface area contributed by atoms with Crippen molar-refractivity contribution in [2.75, 3.05) is 11.9 Å². The average molecular weight is 305 g/mol. The van der Waals surface area contributed by atoms with E-state index < -0.39 is 6.55 Å². The van der Waals surface area contributed by atoms with Crippen molar-refractivity contribution in [3.8, 4) is 6.07 Å². The van der Waals surface area contributed by atoms with Crippen molar-refractivity contribution in [1.82, 2.24) is 14.9 Å². The molecule has 1 aromatic heterocycles. The van der Waals surface area contributed by atoms with Crippen molar-refractivity contribution in [3.05, 3.63) is 48.0 Å². The molecule has 22 heavy (non-hydrogen) atoms. The molecule has 2 aromatic rings. The Morgan fingerprint density at radius 2 is 2.09 bits per heavy atom. The number of carbonyl (C=O) groups is 1. The highest BCUT2D eigenvalue weighted by Crippen LogP contribution is 2.12. The van der Waals surface area contributed by atoms with Gasteiger partial charge in [0.15, 0.2) is 0 Å². The second kappa shape index (κ2) is 7.17. The first-order valence-electron chi connectivity index (χ1n) is 6.40. The first-order chi connectivity index (χ1) is 10.6. The van der Waals surface area contributed by atoms with E-state index in [4.69, 9.17) is 5.26 Å². The molecule has 0 radical (unpaired) electrons. The van der Waals surface area contributed by atoms with E-state index in [0.29, 0.717) is 15.8 Å². The van der Waals surface area contributed by atoms with E-state index in [1.54, 1.807) is 24.3 Å². The van der Waals surface area contributed by atoms with Crippen LogP contribution in [0.4, 0.5) is 14.5 Å². The molecule has 1 aromatic carbocycles. The maximum Gasteiger partial charge on any atom is 0.319 e. The monoisotopic (exact) mass is 305 g/mol. The Morgan fingerprint density at radius 3 is 2.73 bits per heavy atom. The molecule has 2 rings (SSSR count). The lowest BCUT2D eigenvalue weighted by Gasteiger charge is -2.09. The van der Waals surface area contributed by atoms with Crippen LogP contribution in [-0.4, -0.2) is 22.0 Å². The van der Waals surface area contributed by atoms with E-state index >= 15 is 0 Å². The second-order valence-corrected chi connectivity index (χ2v) is 4.35. The lowest BCUT2D eigenvalue weighted by Crippen LogP contribution is -2.30. The topological polar surface area (TPSA) is 82.7 Å². The van der Waals surface area contributed by atoms with Gasteiger partial charge < -0.3 is 10.6 Å². The third-order valence-electron chi connectivity index (χ3n) is 2.87. The molecule has 0 unspecified atom stereocenters. The van der Waals surface area contributed by atoms with Gasteiger partial charge in [0.2, 0.25) is 5.91 Å². The molecule has 0 aliphatic rings. The number of nitrogens with zero attached hydrogens (tertiary/aromatic N) is 3. The van der Waals surface area contributed by atoms with Gasteiger partial charge in [-0.25, -0.2) is 4.98 Å². The van der Waals surface area contributed by atoms with Crippen LogP contribution in [0.25, 0.3) is 0 Å². The number of hydrogen-bond donors (Lipinski definition) is 2. The van der Waals surface area contributed by atoms with Crippen LogP contribution in [0.1, 0.15) is 17.9 Å². The maximum absolute atomic E-state index is 12.6. The number of nitriles is 1. The van der Waals surface area contributed by atoms with Crippen LogP contribution in [0.3, 0.4) is 0 Å². The summed E-state index contributed by atoms with van der Waals surface area (Å²) >= 11 is 0. The van der Waals surface area contributed by atoms with Gasteiger partial charge in [-0.15, -0.1) is 0 Å². The van der Waals surface area contributed by atoms with Gasteiger partial charge in [-0.2, -0.15) is 14.0 Å². The summed E-state index contributed by atoms with van der Waals surface area (Å²) in [5, 5.41) is 14.0. The number of amides is 1. The fraction of sp³-hybridized carbons (Fsp3) is 0.214. The summed E-state index contributed by atoms with van der Waals surface area (Å²) in [5.41, 5.74) is 1.21. The van der Waals surface area contributed by atoms with Gasteiger partial charge >= 0.3 is 6.55 Å². The number of halogens is 2. The summed E-state index contributed by atoms with van der Waals surface area (Å²) in [7, 11) is 0. The number of benzene rings is 1. The number of anilines is 1. The molecule has 6 nitrogen and oxygen atoms in total. The van der Waals surface area contributed by atoms with E-state index in [0.717, 1.165) is 6.20 Å². The third kappa shape index (κ3) is 4.02. The van der Waals surface area contributed by atoms with Crippen LogP contribution in [0.2, 0.25) is 0 Å². The van der Waals surface area contributed by atoms with Gasteiger partial charge in [-0.05, 0) is 24.3 Å². The van der Waals surface area contributed by atoms with Crippen molar-refractivity contribution in [1.29, 1.82) is 5.26 Å². The minimum atomic E-state index is -2.69. The number of imidazole rings is 1. The molecule has 0 saturated carbocycles. The molecular formula is C14H13F2N5O.